The molecule has 2 heterocycles. The third-order valence-electron chi connectivity index (χ3n) is 4.25. The summed E-state index contributed by atoms with van der Waals surface area (Å²) in [6, 6.07) is 19.5. The fraction of sp³-hybridized carbons (Fsp3) is 0.136. The van der Waals surface area contributed by atoms with Gasteiger partial charge in [0.05, 0.1) is 31.0 Å². The standard InChI is InChI=1S/C22H20N2O3/c1-25-18-6-4-7-19(16-18)27-15-13-24-21-10-3-2-9-20(21)23-22(24)12-11-17-8-5-14-26-17/h2-12,14,16H,13,15H2,1H3/b12-11+. The van der Waals surface area contributed by atoms with Gasteiger partial charge in [0.1, 0.15) is 29.7 Å². The maximum absolute atomic E-state index is 5.90. The second kappa shape index (κ2) is 7.83. The summed E-state index contributed by atoms with van der Waals surface area (Å²) in [5.41, 5.74) is 2.03. The molecule has 0 radical (unpaired) electrons. The lowest BCUT2D eigenvalue weighted by atomic mass is 10.3. The van der Waals surface area contributed by atoms with E-state index in [-0.39, 0.29) is 0 Å². The molecule has 0 bridgehead atoms. The zero-order valence-corrected chi connectivity index (χ0v) is 15.0. The van der Waals surface area contributed by atoms with Crippen LogP contribution >= 0.6 is 0 Å². The van der Waals surface area contributed by atoms with Crippen LogP contribution in [-0.2, 0) is 6.54 Å². The van der Waals surface area contributed by atoms with Crippen molar-refractivity contribution >= 4 is 23.2 Å². The third kappa shape index (κ3) is 3.87. The topological polar surface area (TPSA) is 49.4 Å². The van der Waals surface area contributed by atoms with Crippen LogP contribution in [0, 0.1) is 0 Å². The Morgan fingerprint density at radius 1 is 1.00 bits per heavy atom. The maximum atomic E-state index is 5.90. The first-order chi connectivity index (χ1) is 13.3. The van der Waals surface area contributed by atoms with Crippen LogP contribution in [0.4, 0.5) is 0 Å². The average Bonchev–Trinajstić information content (AvgIpc) is 3.34. The van der Waals surface area contributed by atoms with Gasteiger partial charge >= 0.3 is 0 Å². The van der Waals surface area contributed by atoms with E-state index in [1.165, 1.54) is 0 Å². The van der Waals surface area contributed by atoms with Crippen molar-refractivity contribution in [3.05, 3.63) is 78.5 Å². The zero-order valence-electron chi connectivity index (χ0n) is 15.0. The van der Waals surface area contributed by atoms with Crippen LogP contribution in [0.5, 0.6) is 11.5 Å². The molecule has 5 nitrogen and oxygen atoms in total. The van der Waals surface area contributed by atoms with Crippen molar-refractivity contribution in [2.75, 3.05) is 13.7 Å². The van der Waals surface area contributed by atoms with E-state index >= 15 is 0 Å². The van der Waals surface area contributed by atoms with Crippen LogP contribution < -0.4 is 9.47 Å². The Morgan fingerprint density at radius 3 is 2.74 bits per heavy atom. The molecule has 0 saturated carbocycles. The summed E-state index contributed by atoms with van der Waals surface area (Å²) >= 11 is 0. The average molecular weight is 360 g/mol. The van der Waals surface area contributed by atoms with Gasteiger partial charge in [0.15, 0.2) is 0 Å². The summed E-state index contributed by atoms with van der Waals surface area (Å²) in [7, 11) is 1.65. The van der Waals surface area contributed by atoms with Gasteiger partial charge < -0.3 is 18.5 Å². The summed E-state index contributed by atoms with van der Waals surface area (Å²) in [4.78, 5) is 4.72. The molecule has 0 atom stereocenters. The van der Waals surface area contributed by atoms with E-state index in [2.05, 4.69) is 10.6 Å². The highest BCUT2D eigenvalue weighted by Gasteiger charge is 2.08. The second-order valence-electron chi connectivity index (χ2n) is 5.99. The minimum Gasteiger partial charge on any atom is -0.497 e. The van der Waals surface area contributed by atoms with Gasteiger partial charge in [0, 0.05) is 6.07 Å². The second-order valence-corrected chi connectivity index (χ2v) is 5.99. The highest BCUT2D eigenvalue weighted by Crippen LogP contribution is 2.21. The van der Waals surface area contributed by atoms with Gasteiger partial charge in [-0.25, -0.2) is 4.98 Å². The molecular formula is C22H20N2O3. The van der Waals surface area contributed by atoms with Gasteiger partial charge in [-0.15, -0.1) is 0 Å². The minimum atomic E-state index is 0.523. The van der Waals surface area contributed by atoms with Gasteiger partial charge in [-0.3, -0.25) is 0 Å². The molecule has 4 rings (SSSR count). The van der Waals surface area contributed by atoms with Crippen LogP contribution in [-0.4, -0.2) is 23.3 Å². The van der Waals surface area contributed by atoms with E-state index in [0.29, 0.717) is 13.2 Å². The first kappa shape index (κ1) is 17.0. The third-order valence-corrected chi connectivity index (χ3v) is 4.25. The molecule has 0 amide bonds. The molecule has 2 aromatic heterocycles. The largest absolute Gasteiger partial charge is 0.497 e. The number of imidazole rings is 1. The fourth-order valence-electron chi connectivity index (χ4n) is 2.94. The Morgan fingerprint density at radius 2 is 1.89 bits per heavy atom. The molecule has 0 aliphatic rings. The van der Waals surface area contributed by atoms with Crippen molar-refractivity contribution in [2.45, 2.75) is 6.54 Å². The predicted octanol–water partition coefficient (Wildman–Crippen LogP) is 4.89. The number of methoxy groups -OCH3 is 1. The molecule has 0 fully saturated rings. The molecule has 0 unspecified atom stereocenters. The predicted molar refractivity (Wildman–Crippen MR) is 106 cm³/mol. The lowest BCUT2D eigenvalue weighted by Gasteiger charge is -2.10. The van der Waals surface area contributed by atoms with E-state index in [4.69, 9.17) is 18.9 Å². The number of hydrogen-bond donors (Lipinski definition) is 0. The number of hydrogen-bond acceptors (Lipinski definition) is 4. The van der Waals surface area contributed by atoms with Crippen LogP contribution in [0.3, 0.4) is 0 Å². The van der Waals surface area contributed by atoms with Gasteiger partial charge in [0.25, 0.3) is 0 Å². The van der Waals surface area contributed by atoms with E-state index in [1.807, 2.05) is 66.7 Å². The smallest absolute Gasteiger partial charge is 0.134 e. The van der Waals surface area contributed by atoms with Crippen LogP contribution in [0.1, 0.15) is 11.6 Å². The number of ether oxygens (including phenoxy) is 2. The number of furan rings is 1. The zero-order chi connectivity index (χ0) is 18.5. The van der Waals surface area contributed by atoms with Crippen molar-refractivity contribution in [3.63, 3.8) is 0 Å². The Hall–Kier alpha value is -3.47. The van der Waals surface area contributed by atoms with Gasteiger partial charge in [-0.05, 0) is 48.6 Å². The number of rotatable bonds is 7. The first-order valence-corrected chi connectivity index (χ1v) is 8.77. The van der Waals surface area contributed by atoms with Gasteiger partial charge in [-0.2, -0.15) is 0 Å². The van der Waals surface area contributed by atoms with Crippen LogP contribution in [0.15, 0.2) is 71.3 Å². The molecule has 4 aromatic rings. The highest BCUT2D eigenvalue weighted by atomic mass is 16.5. The summed E-state index contributed by atoms with van der Waals surface area (Å²) in [5.74, 6) is 3.22. The molecule has 0 aliphatic carbocycles. The SMILES string of the molecule is COc1cccc(OCCn2c(/C=C/c3ccco3)nc3ccccc32)c1. The highest BCUT2D eigenvalue weighted by molar-refractivity contribution is 5.79. The van der Waals surface area contributed by atoms with Crippen molar-refractivity contribution in [1.82, 2.24) is 9.55 Å². The number of benzene rings is 2. The van der Waals surface area contributed by atoms with Gasteiger partial charge in [-0.1, -0.05) is 18.2 Å². The molecule has 0 aliphatic heterocycles. The number of aromatic nitrogens is 2. The van der Waals surface area contributed by atoms with E-state index < -0.39 is 0 Å². The van der Waals surface area contributed by atoms with Crippen molar-refractivity contribution < 1.29 is 13.9 Å². The molecule has 0 N–H and O–H groups in total. The lowest BCUT2D eigenvalue weighted by Crippen LogP contribution is -2.09. The lowest BCUT2D eigenvalue weighted by molar-refractivity contribution is 0.297. The Labute approximate surface area is 157 Å². The van der Waals surface area contributed by atoms with Crippen molar-refractivity contribution in [2.24, 2.45) is 0 Å². The summed E-state index contributed by atoms with van der Waals surface area (Å²) in [5, 5.41) is 0. The van der Waals surface area contributed by atoms with Crippen molar-refractivity contribution in [1.29, 1.82) is 0 Å². The monoisotopic (exact) mass is 360 g/mol. The summed E-state index contributed by atoms with van der Waals surface area (Å²) < 4.78 is 18.7. The van der Waals surface area contributed by atoms with Gasteiger partial charge in [0.2, 0.25) is 0 Å². The fourth-order valence-corrected chi connectivity index (χ4v) is 2.94. The Bertz CT molecular complexity index is 1050. The van der Waals surface area contributed by atoms with E-state index in [9.17, 15) is 0 Å². The molecule has 0 spiro atoms. The minimum absolute atomic E-state index is 0.523. The van der Waals surface area contributed by atoms with Crippen LogP contribution in [0.25, 0.3) is 23.2 Å². The molecular weight excluding hydrogens is 340 g/mol. The molecule has 136 valence electrons. The number of para-hydroxylation sites is 2. The molecule has 0 saturated heterocycles. The van der Waals surface area contributed by atoms with E-state index in [1.54, 1.807) is 13.4 Å². The molecule has 2 aromatic carbocycles. The Kier molecular flexibility index (Phi) is 4.92. The van der Waals surface area contributed by atoms with E-state index in [0.717, 1.165) is 34.1 Å². The number of nitrogens with zero attached hydrogens (tertiary/aromatic N) is 2. The number of fused-ring (bicyclic) bond motifs is 1. The summed E-state index contributed by atoms with van der Waals surface area (Å²) in [6.45, 7) is 1.20. The van der Waals surface area contributed by atoms with Crippen LogP contribution in [0.2, 0.25) is 0 Å². The molecule has 5 heteroatoms. The molecule has 27 heavy (non-hydrogen) atoms. The maximum Gasteiger partial charge on any atom is 0.134 e. The quantitative estimate of drug-likeness (QED) is 0.471. The first-order valence-electron chi connectivity index (χ1n) is 8.77. The normalized spacial score (nSPS) is 11.3. The summed E-state index contributed by atoms with van der Waals surface area (Å²) in [6.07, 6.45) is 5.54. The Balaban J connectivity index is 1.55. The van der Waals surface area contributed by atoms with Crippen molar-refractivity contribution in [3.8, 4) is 11.5 Å².